The first-order chi connectivity index (χ1) is 7.18. The summed E-state index contributed by atoms with van der Waals surface area (Å²) in [4.78, 5) is 15.5. The molecule has 0 unspecified atom stereocenters. The van der Waals surface area contributed by atoms with Crippen LogP contribution in [0, 0.1) is 0 Å². The maximum absolute atomic E-state index is 11.6. The van der Waals surface area contributed by atoms with Crippen LogP contribution >= 0.6 is 0 Å². The zero-order valence-corrected chi connectivity index (χ0v) is 8.57. The van der Waals surface area contributed by atoms with Crippen molar-refractivity contribution in [3.05, 3.63) is 24.5 Å². The molecule has 0 saturated heterocycles. The summed E-state index contributed by atoms with van der Waals surface area (Å²) in [7, 11) is 0. The van der Waals surface area contributed by atoms with Crippen molar-refractivity contribution in [2.24, 2.45) is 5.73 Å². The van der Waals surface area contributed by atoms with E-state index in [1.54, 1.807) is 24.5 Å². The van der Waals surface area contributed by atoms with Gasteiger partial charge in [-0.15, -0.1) is 0 Å². The van der Waals surface area contributed by atoms with Crippen LogP contribution in [-0.4, -0.2) is 16.4 Å². The van der Waals surface area contributed by atoms with Crippen molar-refractivity contribution in [3.63, 3.8) is 0 Å². The second kappa shape index (κ2) is 3.98. The van der Waals surface area contributed by atoms with Gasteiger partial charge in [-0.2, -0.15) is 0 Å². The molecule has 1 aromatic heterocycles. The third-order valence-electron chi connectivity index (χ3n) is 2.83. The van der Waals surface area contributed by atoms with Crippen molar-refractivity contribution < 1.29 is 4.79 Å². The number of nitrogens with two attached hydrogens (primary N) is 1. The van der Waals surface area contributed by atoms with Crippen molar-refractivity contribution >= 4 is 11.6 Å². The number of carbonyl (C=O) groups is 1. The van der Waals surface area contributed by atoms with Gasteiger partial charge in [-0.1, -0.05) is 0 Å². The molecule has 4 nitrogen and oxygen atoms in total. The summed E-state index contributed by atoms with van der Waals surface area (Å²) in [5.41, 5.74) is 6.51. The number of nitrogens with one attached hydrogen (secondary N) is 1. The molecule has 1 aliphatic carbocycles. The SMILES string of the molecule is NC1(CC(=O)Nc2ccncc2)CCC1. The fourth-order valence-corrected chi connectivity index (χ4v) is 1.77. The smallest absolute Gasteiger partial charge is 0.226 e. The molecule has 1 fully saturated rings. The number of hydrogen-bond donors (Lipinski definition) is 2. The number of anilines is 1. The Morgan fingerprint density at radius 2 is 2.13 bits per heavy atom. The third-order valence-corrected chi connectivity index (χ3v) is 2.83. The molecule has 2 rings (SSSR count). The molecule has 1 aromatic rings. The summed E-state index contributed by atoms with van der Waals surface area (Å²) < 4.78 is 0. The highest BCUT2D eigenvalue weighted by molar-refractivity contribution is 5.91. The molecule has 0 aromatic carbocycles. The predicted molar refractivity (Wildman–Crippen MR) is 58.3 cm³/mol. The molecule has 1 heterocycles. The number of pyridine rings is 1. The lowest BCUT2D eigenvalue weighted by Gasteiger charge is -2.37. The highest BCUT2D eigenvalue weighted by atomic mass is 16.1. The maximum atomic E-state index is 11.6. The summed E-state index contributed by atoms with van der Waals surface area (Å²) in [6.07, 6.45) is 6.76. The van der Waals surface area contributed by atoms with Gasteiger partial charge < -0.3 is 11.1 Å². The average Bonchev–Trinajstić information content (AvgIpc) is 2.16. The number of aromatic nitrogens is 1. The van der Waals surface area contributed by atoms with Crippen LogP contribution in [0.5, 0.6) is 0 Å². The van der Waals surface area contributed by atoms with Crippen molar-refractivity contribution in [2.75, 3.05) is 5.32 Å². The molecule has 15 heavy (non-hydrogen) atoms. The van der Waals surface area contributed by atoms with Gasteiger partial charge in [-0.05, 0) is 31.4 Å². The Kier molecular flexibility index (Phi) is 2.68. The molecule has 4 heteroatoms. The Hall–Kier alpha value is -1.42. The number of rotatable bonds is 3. The Balaban J connectivity index is 1.87. The molecule has 0 atom stereocenters. The second-order valence-corrected chi connectivity index (χ2v) is 4.18. The van der Waals surface area contributed by atoms with Crippen LogP contribution in [0.3, 0.4) is 0 Å². The summed E-state index contributed by atoms with van der Waals surface area (Å²) in [6.45, 7) is 0. The minimum Gasteiger partial charge on any atom is -0.326 e. The highest BCUT2D eigenvalue weighted by Crippen LogP contribution is 2.32. The number of amides is 1. The van der Waals surface area contributed by atoms with E-state index in [9.17, 15) is 4.79 Å². The van der Waals surface area contributed by atoms with Crippen LogP contribution in [0.1, 0.15) is 25.7 Å². The summed E-state index contributed by atoms with van der Waals surface area (Å²) in [5.74, 6) is -0.0107. The Morgan fingerprint density at radius 3 is 2.67 bits per heavy atom. The predicted octanol–water partition coefficient (Wildman–Crippen LogP) is 1.29. The Bertz CT molecular complexity index is 346. The van der Waals surface area contributed by atoms with Crippen molar-refractivity contribution in [1.29, 1.82) is 0 Å². The van der Waals surface area contributed by atoms with Gasteiger partial charge in [-0.25, -0.2) is 0 Å². The zero-order valence-electron chi connectivity index (χ0n) is 8.57. The van der Waals surface area contributed by atoms with Crippen LogP contribution in [0.25, 0.3) is 0 Å². The third kappa shape index (κ3) is 2.53. The monoisotopic (exact) mass is 205 g/mol. The van der Waals surface area contributed by atoms with Gasteiger partial charge in [0, 0.05) is 30.0 Å². The van der Waals surface area contributed by atoms with E-state index >= 15 is 0 Å². The number of nitrogens with zero attached hydrogens (tertiary/aromatic N) is 1. The fourth-order valence-electron chi connectivity index (χ4n) is 1.77. The van der Waals surface area contributed by atoms with Crippen LogP contribution in [-0.2, 0) is 4.79 Å². The number of carbonyl (C=O) groups excluding carboxylic acids is 1. The molecular formula is C11H15N3O. The lowest BCUT2D eigenvalue weighted by Crippen LogP contribution is -2.48. The Labute approximate surface area is 88.9 Å². The Morgan fingerprint density at radius 1 is 1.47 bits per heavy atom. The minimum absolute atomic E-state index is 0.0107. The normalized spacial score (nSPS) is 17.9. The van der Waals surface area contributed by atoms with Gasteiger partial charge in [0.15, 0.2) is 0 Å². The van der Waals surface area contributed by atoms with E-state index < -0.39 is 0 Å². The summed E-state index contributed by atoms with van der Waals surface area (Å²) >= 11 is 0. The van der Waals surface area contributed by atoms with E-state index in [1.165, 1.54) is 0 Å². The van der Waals surface area contributed by atoms with Crippen molar-refractivity contribution in [3.8, 4) is 0 Å². The van der Waals surface area contributed by atoms with Gasteiger partial charge in [0.1, 0.15) is 0 Å². The molecule has 1 amide bonds. The van der Waals surface area contributed by atoms with Gasteiger partial charge in [0.05, 0.1) is 0 Å². The van der Waals surface area contributed by atoms with Crippen LogP contribution < -0.4 is 11.1 Å². The first-order valence-electron chi connectivity index (χ1n) is 5.17. The quantitative estimate of drug-likeness (QED) is 0.781. The summed E-state index contributed by atoms with van der Waals surface area (Å²) in [5, 5.41) is 2.81. The molecule has 3 N–H and O–H groups in total. The van der Waals surface area contributed by atoms with Gasteiger partial charge >= 0.3 is 0 Å². The van der Waals surface area contributed by atoms with E-state index in [0.29, 0.717) is 6.42 Å². The van der Waals surface area contributed by atoms with E-state index in [4.69, 9.17) is 5.73 Å². The standard InChI is InChI=1S/C11H15N3O/c12-11(4-1-5-11)8-10(15)14-9-2-6-13-7-3-9/h2-3,6-7H,1,4-5,8,12H2,(H,13,14,15). The van der Waals surface area contributed by atoms with Crippen LogP contribution in [0.15, 0.2) is 24.5 Å². The molecule has 0 spiro atoms. The van der Waals surface area contributed by atoms with Crippen LogP contribution in [0.2, 0.25) is 0 Å². The highest BCUT2D eigenvalue weighted by Gasteiger charge is 2.34. The molecular weight excluding hydrogens is 190 g/mol. The fraction of sp³-hybridized carbons (Fsp3) is 0.455. The minimum atomic E-state index is -0.253. The lowest BCUT2D eigenvalue weighted by molar-refractivity contribution is -0.118. The molecule has 80 valence electrons. The first kappa shape index (κ1) is 10.1. The average molecular weight is 205 g/mol. The van der Waals surface area contributed by atoms with E-state index in [-0.39, 0.29) is 11.4 Å². The van der Waals surface area contributed by atoms with Crippen molar-refractivity contribution in [1.82, 2.24) is 4.98 Å². The van der Waals surface area contributed by atoms with E-state index in [2.05, 4.69) is 10.3 Å². The second-order valence-electron chi connectivity index (χ2n) is 4.18. The number of hydrogen-bond acceptors (Lipinski definition) is 3. The topological polar surface area (TPSA) is 68.0 Å². The zero-order chi connectivity index (χ0) is 10.7. The lowest BCUT2D eigenvalue weighted by atomic mass is 9.75. The molecule has 1 aliphatic rings. The maximum Gasteiger partial charge on any atom is 0.226 e. The largest absolute Gasteiger partial charge is 0.326 e. The van der Waals surface area contributed by atoms with Gasteiger partial charge in [0.2, 0.25) is 5.91 Å². The molecule has 0 bridgehead atoms. The summed E-state index contributed by atoms with van der Waals surface area (Å²) in [6, 6.07) is 3.53. The van der Waals surface area contributed by atoms with Crippen molar-refractivity contribution in [2.45, 2.75) is 31.2 Å². The molecule has 1 saturated carbocycles. The van der Waals surface area contributed by atoms with E-state index in [1.807, 2.05) is 0 Å². The molecule has 0 aliphatic heterocycles. The first-order valence-corrected chi connectivity index (χ1v) is 5.17. The molecule has 0 radical (unpaired) electrons. The van der Waals surface area contributed by atoms with Gasteiger partial charge in [-0.3, -0.25) is 9.78 Å². The van der Waals surface area contributed by atoms with Crippen LogP contribution in [0.4, 0.5) is 5.69 Å². The van der Waals surface area contributed by atoms with Gasteiger partial charge in [0.25, 0.3) is 0 Å². The van der Waals surface area contributed by atoms with E-state index in [0.717, 1.165) is 24.9 Å².